The molecular formula is C29H25F2N5O5. The van der Waals surface area contributed by atoms with Crippen LogP contribution in [0.15, 0.2) is 48.8 Å². The molecule has 10 nitrogen and oxygen atoms in total. The number of methoxy groups -OCH3 is 3. The van der Waals surface area contributed by atoms with Crippen LogP contribution >= 0.6 is 0 Å². The van der Waals surface area contributed by atoms with E-state index in [0.717, 1.165) is 17.7 Å². The number of ether oxygens (including phenoxy) is 3. The number of hydrogen-bond donors (Lipinski definition) is 0. The lowest BCUT2D eigenvalue weighted by Gasteiger charge is -2.18. The van der Waals surface area contributed by atoms with Crippen molar-refractivity contribution in [3.8, 4) is 22.9 Å². The second kappa shape index (κ2) is 11.6. The zero-order valence-corrected chi connectivity index (χ0v) is 22.5. The van der Waals surface area contributed by atoms with Crippen LogP contribution in [0, 0.1) is 11.6 Å². The minimum Gasteiger partial charge on any atom is -0.497 e. The molecule has 0 aliphatic carbocycles. The molecule has 1 aliphatic heterocycles. The van der Waals surface area contributed by atoms with Crippen molar-refractivity contribution in [2.45, 2.75) is 25.9 Å². The topological polar surface area (TPSA) is 117 Å². The highest BCUT2D eigenvalue weighted by Crippen LogP contribution is 2.33. The zero-order chi connectivity index (χ0) is 29.1. The quantitative estimate of drug-likeness (QED) is 0.282. The van der Waals surface area contributed by atoms with Gasteiger partial charge in [-0.25, -0.2) is 28.7 Å². The van der Waals surface area contributed by atoms with Crippen molar-refractivity contribution >= 4 is 11.9 Å². The van der Waals surface area contributed by atoms with E-state index in [1.54, 1.807) is 30.2 Å². The van der Waals surface area contributed by atoms with E-state index < -0.39 is 17.6 Å². The van der Waals surface area contributed by atoms with Gasteiger partial charge in [-0.1, -0.05) is 6.07 Å². The molecule has 3 heterocycles. The van der Waals surface area contributed by atoms with Crippen LogP contribution in [0.4, 0.5) is 8.78 Å². The van der Waals surface area contributed by atoms with Crippen LogP contribution < -0.4 is 9.47 Å². The standard InChI is InChI=1S/C29H25F2N5O5/c1-39-18-8-7-17(23(10-18)40-2)14-36-15-22-27(29(36)38)21(9-16-12-32-24(33-13-16)11-25(37)41-3)34-28(35-22)26-19(30)5-4-6-20(26)31/h4-8,10,12-13H,9,11,14-15H2,1-3H3. The number of halogens is 2. The second-order valence-corrected chi connectivity index (χ2v) is 9.19. The molecule has 1 amide bonds. The van der Waals surface area contributed by atoms with Crippen molar-refractivity contribution in [2.75, 3.05) is 21.3 Å². The first-order valence-electron chi connectivity index (χ1n) is 12.5. The van der Waals surface area contributed by atoms with Gasteiger partial charge in [0.2, 0.25) is 0 Å². The number of esters is 1. The van der Waals surface area contributed by atoms with Gasteiger partial charge in [0.1, 0.15) is 35.4 Å². The molecule has 210 valence electrons. The highest BCUT2D eigenvalue weighted by molar-refractivity contribution is 5.99. The van der Waals surface area contributed by atoms with Crippen molar-refractivity contribution in [2.24, 2.45) is 0 Å². The average molecular weight is 562 g/mol. The van der Waals surface area contributed by atoms with E-state index in [0.29, 0.717) is 22.8 Å². The Labute approximate surface area is 234 Å². The van der Waals surface area contributed by atoms with Gasteiger partial charge in [-0.15, -0.1) is 0 Å². The molecule has 0 N–H and O–H groups in total. The fraction of sp³-hybridized carbons (Fsp3) is 0.241. The van der Waals surface area contributed by atoms with E-state index in [2.05, 4.69) is 24.7 Å². The Hall–Kier alpha value is -5.00. The number of nitrogens with zero attached hydrogens (tertiary/aromatic N) is 5. The predicted molar refractivity (Wildman–Crippen MR) is 141 cm³/mol. The summed E-state index contributed by atoms with van der Waals surface area (Å²) < 4.78 is 44.8. The first kappa shape index (κ1) is 27.6. The largest absolute Gasteiger partial charge is 0.497 e. The number of benzene rings is 2. The highest BCUT2D eigenvalue weighted by Gasteiger charge is 2.34. The molecule has 4 aromatic rings. The zero-order valence-electron chi connectivity index (χ0n) is 22.5. The minimum atomic E-state index is -0.824. The molecule has 2 aromatic heterocycles. The van der Waals surface area contributed by atoms with Crippen LogP contribution in [0.3, 0.4) is 0 Å². The van der Waals surface area contributed by atoms with Crippen LogP contribution in [-0.2, 0) is 35.5 Å². The Morgan fingerprint density at radius 1 is 0.976 bits per heavy atom. The molecule has 0 unspecified atom stereocenters. The Bertz CT molecular complexity index is 1610. The summed E-state index contributed by atoms with van der Waals surface area (Å²) in [4.78, 5) is 44.1. The molecule has 0 fully saturated rings. The van der Waals surface area contributed by atoms with Crippen LogP contribution in [0.1, 0.15) is 38.7 Å². The van der Waals surface area contributed by atoms with Crippen molar-refractivity contribution in [1.82, 2.24) is 24.8 Å². The van der Waals surface area contributed by atoms with E-state index >= 15 is 0 Å². The Morgan fingerprint density at radius 2 is 1.71 bits per heavy atom. The van der Waals surface area contributed by atoms with E-state index in [1.807, 2.05) is 0 Å². The van der Waals surface area contributed by atoms with E-state index in [-0.39, 0.29) is 60.3 Å². The molecule has 41 heavy (non-hydrogen) atoms. The summed E-state index contributed by atoms with van der Waals surface area (Å²) in [5.74, 6) is -1.23. The molecule has 12 heteroatoms. The molecular weight excluding hydrogens is 536 g/mol. The number of amides is 1. The van der Waals surface area contributed by atoms with Gasteiger partial charge in [0, 0.05) is 30.4 Å². The van der Waals surface area contributed by atoms with Crippen molar-refractivity contribution in [3.63, 3.8) is 0 Å². The summed E-state index contributed by atoms with van der Waals surface area (Å²) in [5.41, 5.74) is 1.78. The lowest BCUT2D eigenvalue weighted by atomic mass is 10.1. The van der Waals surface area contributed by atoms with E-state index in [9.17, 15) is 18.4 Å². The maximum atomic E-state index is 14.7. The third-order valence-electron chi connectivity index (χ3n) is 6.60. The maximum Gasteiger partial charge on any atom is 0.313 e. The summed E-state index contributed by atoms with van der Waals surface area (Å²) in [6.45, 7) is 0.285. The van der Waals surface area contributed by atoms with Gasteiger partial charge in [-0.3, -0.25) is 9.59 Å². The number of fused-ring (bicyclic) bond motifs is 1. The van der Waals surface area contributed by atoms with E-state index in [1.165, 1.54) is 32.7 Å². The first-order valence-corrected chi connectivity index (χ1v) is 12.5. The van der Waals surface area contributed by atoms with Gasteiger partial charge in [0.25, 0.3) is 5.91 Å². The fourth-order valence-corrected chi connectivity index (χ4v) is 4.56. The molecule has 0 bridgehead atoms. The van der Waals surface area contributed by atoms with Crippen molar-refractivity contribution in [3.05, 3.63) is 94.3 Å². The van der Waals surface area contributed by atoms with Crippen LogP contribution in [0.2, 0.25) is 0 Å². The molecule has 1 aliphatic rings. The fourth-order valence-electron chi connectivity index (χ4n) is 4.56. The van der Waals surface area contributed by atoms with Crippen LogP contribution in [0.5, 0.6) is 11.5 Å². The Balaban J connectivity index is 1.52. The predicted octanol–water partition coefficient (Wildman–Crippen LogP) is 3.69. The van der Waals surface area contributed by atoms with Gasteiger partial charge < -0.3 is 19.1 Å². The van der Waals surface area contributed by atoms with Crippen molar-refractivity contribution < 1.29 is 32.6 Å². The Kier molecular flexibility index (Phi) is 7.81. The third kappa shape index (κ3) is 5.67. The van der Waals surface area contributed by atoms with Crippen molar-refractivity contribution in [1.29, 1.82) is 0 Å². The maximum absolute atomic E-state index is 14.7. The smallest absolute Gasteiger partial charge is 0.313 e. The lowest BCUT2D eigenvalue weighted by molar-refractivity contribution is -0.139. The molecule has 0 atom stereocenters. The molecule has 2 aromatic carbocycles. The second-order valence-electron chi connectivity index (χ2n) is 9.19. The van der Waals surface area contributed by atoms with Crippen LogP contribution in [0.25, 0.3) is 11.4 Å². The van der Waals surface area contributed by atoms with E-state index in [4.69, 9.17) is 9.47 Å². The van der Waals surface area contributed by atoms with Gasteiger partial charge in [-0.05, 0) is 29.8 Å². The van der Waals surface area contributed by atoms with Gasteiger partial charge in [0.05, 0.1) is 56.9 Å². The summed E-state index contributed by atoms with van der Waals surface area (Å²) in [5, 5.41) is 0. The van der Waals surface area contributed by atoms with Gasteiger partial charge in [0.15, 0.2) is 5.82 Å². The molecule has 0 saturated carbocycles. The summed E-state index contributed by atoms with van der Waals surface area (Å²) in [6, 6.07) is 8.78. The molecule has 5 rings (SSSR count). The summed E-state index contributed by atoms with van der Waals surface area (Å²) in [6.07, 6.45) is 2.99. The van der Waals surface area contributed by atoms with Gasteiger partial charge >= 0.3 is 5.97 Å². The number of hydrogen-bond acceptors (Lipinski definition) is 9. The number of carbonyl (C=O) groups excluding carboxylic acids is 2. The number of carbonyl (C=O) groups is 2. The summed E-state index contributed by atoms with van der Waals surface area (Å²) in [7, 11) is 4.34. The molecule has 0 saturated heterocycles. The normalized spacial score (nSPS) is 12.3. The summed E-state index contributed by atoms with van der Waals surface area (Å²) >= 11 is 0. The molecule has 0 spiro atoms. The highest BCUT2D eigenvalue weighted by atomic mass is 19.1. The number of aromatic nitrogens is 4. The van der Waals surface area contributed by atoms with Crippen LogP contribution in [-0.4, -0.2) is 58.0 Å². The minimum absolute atomic E-state index is 0.0812. The van der Waals surface area contributed by atoms with Gasteiger partial charge in [-0.2, -0.15) is 0 Å². The third-order valence-corrected chi connectivity index (χ3v) is 6.60. The monoisotopic (exact) mass is 561 g/mol. The first-order chi connectivity index (χ1) is 19.8. The Morgan fingerprint density at radius 3 is 2.37 bits per heavy atom. The SMILES string of the molecule is COC(=O)Cc1ncc(Cc2nc(-c3c(F)cccc3F)nc3c2C(=O)N(Cc2ccc(OC)cc2OC)C3)cn1. The average Bonchev–Trinajstić information content (AvgIpc) is 3.28. The number of rotatable bonds is 9. The lowest BCUT2D eigenvalue weighted by Crippen LogP contribution is -2.24. The molecule has 0 radical (unpaired) electrons.